The Hall–Kier alpha value is -1.92. The predicted molar refractivity (Wildman–Crippen MR) is 72.9 cm³/mol. The molecule has 2 unspecified atom stereocenters. The molecule has 7 heteroatoms. The third kappa shape index (κ3) is 2.91. The molecule has 2 rings (SSSR count). The molecule has 0 bridgehead atoms. The van der Waals surface area contributed by atoms with Crippen LogP contribution in [0.25, 0.3) is 0 Å². The van der Waals surface area contributed by atoms with Crippen LogP contribution in [0.5, 0.6) is 0 Å². The molecule has 7 nitrogen and oxygen atoms in total. The SMILES string of the molecule is CC1CCCC(N(C)c2nc(N)ncc2[N+](=O)[O-])C1. The van der Waals surface area contributed by atoms with Crippen molar-refractivity contribution in [3.63, 3.8) is 0 Å². The Kier molecular flexibility index (Phi) is 3.82. The Morgan fingerprint density at radius 2 is 2.26 bits per heavy atom. The first-order chi connectivity index (χ1) is 8.99. The van der Waals surface area contributed by atoms with E-state index in [1.54, 1.807) is 0 Å². The zero-order chi connectivity index (χ0) is 14.0. The van der Waals surface area contributed by atoms with Crippen LogP contribution in [0.15, 0.2) is 6.20 Å². The molecule has 1 fully saturated rings. The number of hydrogen-bond acceptors (Lipinski definition) is 6. The van der Waals surface area contributed by atoms with Gasteiger partial charge in [0.1, 0.15) is 6.20 Å². The fourth-order valence-electron chi connectivity index (χ4n) is 2.69. The van der Waals surface area contributed by atoms with Gasteiger partial charge in [0.25, 0.3) is 0 Å². The Morgan fingerprint density at radius 3 is 2.89 bits per heavy atom. The molecule has 0 saturated heterocycles. The van der Waals surface area contributed by atoms with Crippen LogP contribution in [-0.4, -0.2) is 28.0 Å². The lowest BCUT2D eigenvalue weighted by molar-refractivity contribution is -0.384. The van der Waals surface area contributed by atoms with Crippen LogP contribution in [-0.2, 0) is 0 Å². The van der Waals surface area contributed by atoms with Crippen LogP contribution < -0.4 is 10.6 Å². The molecule has 0 spiro atoms. The van der Waals surface area contributed by atoms with E-state index in [0.717, 1.165) is 19.3 Å². The molecule has 2 N–H and O–H groups in total. The van der Waals surface area contributed by atoms with E-state index in [-0.39, 0.29) is 17.7 Å². The van der Waals surface area contributed by atoms with Crippen molar-refractivity contribution in [2.45, 2.75) is 38.6 Å². The molecule has 104 valence electrons. The van der Waals surface area contributed by atoms with Crippen molar-refractivity contribution in [1.82, 2.24) is 9.97 Å². The van der Waals surface area contributed by atoms with Gasteiger partial charge in [-0.05, 0) is 18.8 Å². The van der Waals surface area contributed by atoms with E-state index < -0.39 is 4.92 Å². The molecule has 2 atom stereocenters. The van der Waals surface area contributed by atoms with E-state index in [1.165, 1.54) is 12.6 Å². The maximum atomic E-state index is 11.0. The Bertz CT molecular complexity index is 479. The minimum absolute atomic E-state index is 0.0660. The second-order valence-electron chi connectivity index (χ2n) is 5.23. The summed E-state index contributed by atoms with van der Waals surface area (Å²) in [5.74, 6) is 1.02. The van der Waals surface area contributed by atoms with E-state index in [4.69, 9.17) is 5.73 Å². The van der Waals surface area contributed by atoms with Crippen molar-refractivity contribution < 1.29 is 4.92 Å². The van der Waals surface area contributed by atoms with Crippen LogP contribution >= 0.6 is 0 Å². The summed E-state index contributed by atoms with van der Waals surface area (Å²) in [5.41, 5.74) is 5.46. The zero-order valence-electron chi connectivity index (χ0n) is 11.2. The molecule has 0 aliphatic heterocycles. The molecule has 19 heavy (non-hydrogen) atoms. The number of hydrogen-bond donors (Lipinski definition) is 1. The smallest absolute Gasteiger partial charge is 0.329 e. The largest absolute Gasteiger partial charge is 0.368 e. The van der Waals surface area contributed by atoms with Crippen LogP contribution in [0.4, 0.5) is 17.5 Å². The molecule has 1 aliphatic carbocycles. The molecular formula is C12H19N5O2. The highest BCUT2D eigenvalue weighted by atomic mass is 16.6. The monoisotopic (exact) mass is 265 g/mol. The Morgan fingerprint density at radius 1 is 1.53 bits per heavy atom. The molecule has 1 aromatic rings. The standard InChI is InChI=1S/C12H19N5O2/c1-8-4-3-5-9(6-8)16(2)11-10(17(18)19)7-14-12(13)15-11/h7-9H,3-6H2,1-2H3,(H2,13,14,15). The summed E-state index contributed by atoms with van der Waals surface area (Å²) < 4.78 is 0. The van der Waals surface area contributed by atoms with Crippen molar-refractivity contribution in [1.29, 1.82) is 0 Å². The van der Waals surface area contributed by atoms with E-state index in [1.807, 2.05) is 11.9 Å². The number of nitrogen functional groups attached to an aromatic ring is 1. The van der Waals surface area contributed by atoms with Crippen molar-refractivity contribution in [2.75, 3.05) is 17.7 Å². The lowest BCUT2D eigenvalue weighted by Gasteiger charge is -2.34. The van der Waals surface area contributed by atoms with Gasteiger partial charge in [0, 0.05) is 13.1 Å². The summed E-state index contributed by atoms with van der Waals surface area (Å²) in [5, 5.41) is 11.0. The highest BCUT2D eigenvalue weighted by Gasteiger charge is 2.28. The minimum Gasteiger partial charge on any atom is -0.368 e. The lowest BCUT2D eigenvalue weighted by Crippen LogP contribution is -2.36. The minimum atomic E-state index is -0.461. The van der Waals surface area contributed by atoms with Crippen molar-refractivity contribution >= 4 is 17.5 Å². The van der Waals surface area contributed by atoms with Gasteiger partial charge in [0.15, 0.2) is 0 Å². The number of rotatable bonds is 3. The van der Waals surface area contributed by atoms with Crippen molar-refractivity contribution in [3.05, 3.63) is 16.3 Å². The summed E-state index contributed by atoms with van der Waals surface area (Å²) >= 11 is 0. The molecule has 1 aliphatic rings. The van der Waals surface area contributed by atoms with Crippen LogP contribution in [0.2, 0.25) is 0 Å². The lowest BCUT2D eigenvalue weighted by atomic mass is 9.86. The topological polar surface area (TPSA) is 98.2 Å². The normalized spacial score (nSPS) is 23.1. The van der Waals surface area contributed by atoms with Crippen LogP contribution in [0, 0.1) is 16.0 Å². The van der Waals surface area contributed by atoms with Gasteiger partial charge in [-0.2, -0.15) is 4.98 Å². The van der Waals surface area contributed by atoms with Crippen LogP contribution in [0.3, 0.4) is 0 Å². The molecule has 0 radical (unpaired) electrons. The zero-order valence-corrected chi connectivity index (χ0v) is 11.2. The highest BCUT2D eigenvalue weighted by molar-refractivity contribution is 5.58. The Balaban J connectivity index is 2.29. The van der Waals surface area contributed by atoms with Gasteiger partial charge in [-0.3, -0.25) is 10.1 Å². The van der Waals surface area contributed by atoms with E-state index in [0.29, 0.717) is 11.7 Å². The molecule has 0 amide bonds. The third-order valence-corrected chi connectivity index (χ3v) is 3.76. The predicted octanol–water partition coefficient (Wildman–Crippen LogP) is 1.98. The average Bonchev–Trinajstić information content (AvgIpc) is 2.37. The number of nitrogens with zero attached hydrogens (tertiary/aromatic N) is 4. The molecule has 1 aromatic heterocycles. The van der Waals surface area contributed by atoms with Gasteiger partial charge < -0.3 is 10.6 Å². The number of anilines is 2. The molecular weight excluding hydrogens is 246 g/mol. The van der Waals surface area contributed by atoms with Crippen molar-refractivity contribution in [2.24, 2.45) is 5.92 Å². The maximum absolute atomic E-state index is 11.0. The summed E-state index contributed by atoms with van der Waals surface area (Å²) in [6.45, 7) is 2.21. The second kappa shape index (κ2) is 5.38. The first kappa shape index (κ1) is 13.5. The second-order valence-corrected chi connectivity index (χ2v) is 5.23. The highest BCUT2D eigenvalue weighted by Crippen LogP contribution is 2.32. The molecule has 1 heterocycles. The van der Waals surface area contributed by atoms with Gasteiger partial charge >= 0.3 is 5.69 Å². The summed E-state index contributed by atoms with van der Waals surface area (Å²) in [4.78, 5) is 20.2. The van der Waals surface area contributed by atoms with E-state index >= 15 is 0 Å². The van der Waals surface area contributed by atoms with Gasteiger partial charge in [-0.1, -0.05) is 19.8 Å². The maximum Gasteiger partial charge on any atom is 0.329 e. The molecule has 1 saturated carbocycles. The number of nitro groups is 1. The van der Waals surface area contributed by atoms with E-state index in [2.05, 4.69) is 16.9 Å². The van der Waals surface area contributed by atoms with Gasteiger partial charge in [0.05, 0.1) is 4.92 Å². The number of aromatic nitrogens is 2. The van der Waals surface area contributed by atoms with E-state index in [9.17, 15) is 10.1 Å². The summed E-state index contributed by atoms with van der Waals surface area (Å²) in [7, 11) is 1.84. The van der Waals surface area contributed by atoms with Crippen LogP contribution in [0.1, 0.15) is 32.6 Å². The summed E-state index contributed by atoms with van der Waals surface area (Å²) in [6, 6.07) is 0.275. The molecule has 0 aromatic carbocycles. The first-order valence-corrected chi connectivity index (χ1v) is 6.48. The fourth-order valence-corrected chi connectivity index (χ4v) is 2.69. The van der Waals surface area contributed by atoms with Gasteiger partial charge in [-0.15, -0.1) is 0 Å². The summed E-state index contributed by atoms with van der Waals surface area (Å²) in [6.07, 6.45) is 5.60. The first-order valence-electron chi connectivity index (χ1n) is 6.48. The number of nitrogens with two attached hydrogens (primary N) is 1. The van der Waals surface area contributed by atoms with Gasteiger partial charge in [-0.25, -0.2) is 4.98 Å². The Labute approximate surface area is 112 Å². The third-order valence-electron chi connectivity index (χ3n) is 3.76. The average molecular weight is 265 g/mol. The quantitative estimate of drug-likeness (QED) is 0.662. The fraction of sp³-hybridized carbons (Fsp3) is 0.667. The van der Waals surface area contributed by atoms with Gasteiger partial charge in [0.2, 0.25) is 11.8 Å². The van der Waals surface area contributed by atoms with Crippen molar-refractivity contribution in [3.8, 4) is 0 Å².